The summed E-state index contributed by atoms with van der Waals surface area (Å²) in [5, 5.41) is 1.19. The van der Waals surface area contributed by atoms with E-state index in [4.69, 9.17) is 0 Å². The smallest absolute Gasteiger partial charge is 0.123 e. The Kier molecular flexibility index (Phi) is 3.06. The van der Waals surface area contributed by atoms with E-state index in [1.807, 2.05) is 12.1 Å². The molecule has 0 saturated carbocycles. The number of aryl methyl sites for hydroxylation is 1. The van der Waals surface area contributed by atoms with Crippen molar-refractivity contribution >= 4 is 21.4 Å². The molecule has 0 radical (unpaired) electrons. The second-order valence-corrected chi connectivity index (χ2v) is 5.54. The minimum Gasteiger partial charge on any atom is -0.207 e. The molecule has 0 aliphatic rings. The van der Waals surface area contributed by atoms with Crippen molar-refractivity contribution in [1.29, 1.82) is 0 Å². The number of benzene rings is 2. The molecule has 0 amide bonds. The summed E-state index contributed by atoms with van der Waals surface area (Å²) in [4.78, 5) is 1.22. The molecule has 0 atom stereocenters. The molecule has 1 heterocycles. The molecular weight excluding hydrogens is 255 g/mol. The molecule has 3 aromatic rings. The summed E-state index contributed by atoms with van der Waals surface area (Å²) in [6.07, 6.45) is 0. The van der Waals surface area contributed by atoms with Gasteiger partial charge in [0.15, 0.2) is 0 Å². The summed E-state index contributed by atoms with van der Waals surface area (Å²) in [6.45, 7) is 2.08. The lowest BCUT2D eigenvalue weighted by Gasteiger charge is -1.91. The van der Waals surface area contributed by atoms with Gasteiger partial charge in [0, 0.05) is 26.1 Å². The van der Waals surface area contributed by atoms with E-state index in [0.29, 0.717) is 0 Å². The molecule has 2 aromatic carbocycles. The van der Waals surface area contributed by atoms with E-state index in [2.05, 4.69) is 30.9 Å². The highest BCUT2D eigenvalue weighted by molar-refractivity contribution is 7.19. The molecule has 0 N–H and O–H groups in total. The molecule has 2 heteroatoms. The van der Waals surface area contributed by atoms with Gasteiger partial charge in [0.1, 0.15) is 5.82 Å². The third-order valence-electron chi connectivity index (χ3n) is 2.95. The lowest BCUT2D eigenvalue weighted by Crippen LogP contribution is -1.78. The van der Waals surface area contributed by atoms with Crippen LogP contribution >= 0.6 is 11.3 Å². The van der Waals surface area contributed by atoms with Gasteiger partial charge in [-0.25, -0.2) is 4.39 Å². The summed E-state index contributed by atoms with van der Waals surface area (Å²) in [7, 11) is 0. The summed E-state index contributed by atoms with van der Waals surface area (Å²) in [5.74, 6) is 6.07. The molecule has 0 nitrogen and oxygen atoms in total. The summed E-state index contributed by atoms with van der Waals surface area (Å²) >= 11 is 1.75. The van der Waals surface area contributed by atoms with Gasteiger partial charge in [0.05, 0.1) is 0 Å². The molecule has 0 unspecified atom stereocenters. The maximum atomic E-state index is 12.8. The van der Waals surface area contributed by atoms with Crippen LogP contribution in [0.4, 0.5) is 4.39 Å². The van der Waals surface area contributed by atoms with Crippen LogP contribution in [0.15, 0.2) is 48.5 Å². The monoisotopic (exact) mass is 266 g/mol. The zero-order chi connectivity index (χ0) is 13.2. The van der Waals surface area contributed by atoms with Gasteiger partial charge in [-0.15, -0.1) is 11.3 Å². The quantitative estimate of drug-likeness (QED) is 0.515. The SMILES string of the molecule is Cc1sc2ccccc2c1C#Cc1ccc(F)cc1. The molecule has 0 aliphatic carbocycles. The first-order valence-electron chi connectivity index (χ1n) is 6.00. The first-order valence-corrected chi connectivity index (χ1v) is 6.81. The van der Waals surface area contributed by atoms with Gasteiger partial charge < -0.3 is 0 Å². The van der Waals surface area contributed by atoms with Crippen LogP contribution in [0.25, 0.3) is 10.1 Å². The highest BCUT2D eigenvalue weighted by Crippen LogP contribution is 2.29. The highest BCUT2D eigenvalue weighted by atomic mass is 32.1. The van der Waals surface area contributed by atoms with Crippen molar-refractivity contribution in [3.8, 4) is 11.8 Å². The van der Waals surface area contributed by atoms with E-state index in [1.54, 1.807) is 23.5 Å². The first-order chi connectivity index (χ1) is 9.24. The molecular formula is C17H11FS. The van der Waals surface area contributed by atoms with Crippen molar-refractivity contribution in [2.45, 2.75) is 6.92 Å². The molecule has 19 heavy (non-hydrogen) atoms. The van der Waals surface area contributed by atoms with Gasteiger partial charge in [-0.3, -0.25) is 0 Å². The molecule has 0 saturated heterocycles. The van der Waals surface area contributed by atoms with Gasteiger partial charge in [-0.1, -0.05) is 30.0 Å². The van der Waals surface area contributed by atoms with Gasteiger partial charge >= 0.3 is 0 Å². The fraction of sp³-hybridized carbons (Fsp3) is 0.0588. The van der Waals surface area contributed by atoms with E-state index in [-0.39, 0.29) is 5.82 Å². The Hall–Kier alpha value is -2.11. The molecule has 92 valence electrons. The average Bonchev–Trinajstić information content (AvgIpc) is 2.74. The number of hydrogen-bond donors (Lipinski definition) is 0. The van der Waals surface area contributed by atoms with Gasteiger partial charge in [-0.2, -0.15) is 0 Å². The van der Waals surface area contributed by atoms with Crippen LogP contribution in [0.3, 0.4) is 0 Å². The molecule has 0 spiro atoms. The standard InChI is InChI=1S/C17H11FS/c1-12-15(16-4-2-3-5-17(16)19-12)11-8-13-6-9-14(18)10-7-13/h2-7,9-10H,1H3. The predicted octanol–water partition coefficient (Wildman–Crippen LogP) is 4.75. The fourth-order valence-corrected chi connectivity index (χ4v) is 3.01. The van der Waals surface area contributed by atoms with Crippen molar-refractivity contribution in [1.82, 2.24) is 0 Å². The Morgan fingerprint density at radius 3 is 2.47 bits per heavy atom. The maximum absolute atomic E-state index is 12.8. The van der Waals surface area contributed by atoms with Gasteiger partial charge in [-0.05, 0) is 37.3 Å². The van der Waals surface area contributed by atoms with Crippen molar-refractivity contribution in [2.75, 3.05) is 0 Å². The van der Waals surface area contributed by atoms with Crippen LogP contribution in [0.1, 0.15) is 16.0 Å². The Labute approximate surface area is 115 Å². The van der Waals surface area contributed by atoms with Crippen LogP contribution in [0, 0.1) is 24.6 Å². The zero-order valence-electron chi connectivity index (χ0n) is 10.4. The minimum absolute atomic E-state index is 0.234. The Morgan fingerprint density at radius 2 is 1.68 bits per heavy atom. The third-order valence-corrected chi connectivity index (χ3v) is 4.03. The zero-order valence-corrected chi connectivity index (χ0v) is 11.2. The lowest BCUT2D eigenvalue weighted by atomic mass is 10.1. The van der Waals surface area contributed by atoms with Crippen molar-refractivity contribution in [3.63, 3.8) is 0 Å². The van der Waals surface area contributed by atoms with Gasteiger partial charge in [0.25, 0.3) is 0 Å². The van der Waals surface area contributed by atoms with E-state index >= 15 is 0 Å². The third kappa shape index (κ3) is 2.38. The topological polar surface area (TPSA) is 0 Å². The number of rotatable bonds is 0. The summed E-state index contributed by atoms with van der Waals surface area (Å²) in [5.41, 5.74) is 1.90. The summed E-state index contributed by atoms with van der Waals surface area (Å²) < 4.78 is 14.1. The van der Waals surface area contributed by atoms with E-state index in [9.17, 15) is 4.39 Å². The largest absolute Gasteiger partial charge is 0.207 e. The Morgan fingerprint density at radius 1 is 0.947 bits per heavy atom. The molecule has 0 bridgehead atoms. The van der Waals surface area contributed by atoms with Crippen LogP contribution in [-0.4, -0.2) is 0 Å². The van der Waals surface area contributed by atoms with Gasteiger partial charge in [0.2, 0.25) is 0 Å². The second kappa shape index (κ2) is 4.87. The normalized spacial score (nSPS) is 10.2. The fourth-order valence-electron chi connectivity index (χ4n) is 1.99. The number of hydrogen-bond acceptors (Lipinski definition) is 1. The number of halogens is 1. The van der Waals surface area contributed by atoms with E-state index in [1.165, 1.54) is 27.1 Å². The van der Waals surface area contributed by atoms with Crippen molar-refractivity contribution in [3.05, 3.63) is 70.4 Å². The highest BCUT2D eigenvalue weighted by Gasteiger charge is 2.05. The molecule has 0 aliphatic heterocycles. The summed E-state index contributed by atoms with van der Waals surface area (Å²) in [6, 6.07) is 14.5. The van der Waals surface area contributed by atoms with E-state index in [0.717, 1.165) is 11.1 Å². The van der Waals surface area contributed by atoms with Crippen LogP contribution in [0.2, 0.25) is 0 Å². The first kappa shape index (κ1) is 12.0. The van der Waals surface area contributed by atoms with Crippen LogP contribution in [0.5, 0.6) is 0 Å². The van der Waals surface area contributed by atoms with E-state index < -0.39 is 0 Å². The average molecular weight is 266 g/mol. The van der Waals surface area contributed by atoms with Crippen LogP contribution < -0.4 is 0 Å². The molecule has 1 aromatic heterocycles. The maximum Gasteiger partial charge on any atom is 0.123 e. The molecule has 3 rings (SSSR count). The number of fused-ring (bicyclic) bond motifs is 1. The molecule has 0 fully saturated rings. The van der Waals surface area contributed by atoms with Crippen molar-refractivity contribution in [2.24, 2.45) is 0 Å². The van der Waals surface area contributed by atoms with Crippen LogP contribution in [-0.2, 0) is 0 Å². The Bertz CT molecular complexity index is 785. The second-order valence-electron chi connectivity index (χ2n) is 4.29. The Balaban J connectivity index is 2.07. The van der Waals surface area contributed by atoms with Crippen molar-refractivity contribution < 1.29 is 4.39 Å². The lowest BCUT2D eigenvalue weighted by molar-refractivity contribution is 0.627. The number of thiophene rings is 1. The predicted molar refractivity (Wildman–Crippen MR) is 78.9 cm³/mol. The minimum atomic E-state index is -0.234.